The first-order valence-electron chi connectivity index (χ1n) is 28.3. The maximum atomic E-state index is 14.6. The molecule has 458 valence electrons. The van der Waals surface area contributed by atoms with Crippen molar-refractivity contribution in [1.29, 1.82) is 0 Å². The molecule has 0 aliphatic heterocycles. The van der Waals surface area contributed by atoms with Gasteiger partial charge in [-0.1, -0.05) is 119 Å². The van der Waals surface area contributed by atoms with Gasteiger partial charge in [-0.05, 0) is 210 Å². The van der Waals surface area contributed by atoms with Crippen LogP contribution in [-0.2, 0) is 46.4 Å². The van der Waals surface area contributed by atoms with Crippen LogP contribution in [0.3, 0.4) is 0 Å². The smallest absolute Gasteiger partial charge is 0.309 e. The van der Waals surface area contributed by atoms with E-state index in [1.807, 2.05) is 119 Å². The van der Waals surface area contributed by atoms with Gasteiger partial charge in [0.2, 0.25) is 0 Å². The highest BCUT2D eigenvalue weighted by Crippen LogP contribution is 2.48. The second kappa shape index (κ2) is 23.0. The Morgan fingerprint density at radius 1 is 0.239 bits per heavy atom. The Morgan fingerprint density at radius 3 is 0.659 bits per heavy atom. The van der Waals surface area contributed by atoms with Gasteiger partial charge in [-0.2, -0.15) is 52.7 Å². The molecule has 9 aromatic rings. The van der Waals surface area contributed by atoms with Gasteiger partial charge in [-0.15, -0.1) is 0 Å². The molecule has 7 aromatic carbocycles. The lowest BCUT2D eigenvalue weighted by atomic mass is 9.78. The molecule has 0 saturated carbocycles. The van der Waals surface area contributed by atoms with Gasteiger partial charge < -0.3 is 9.80 Å². The molecular weight excluding hydrogens is 1150 g/mol. The number of pyridine rings is 2. The highest BCUT2D eigenvalue weighted by molar-refractivity contribution is 5.89. The lowest BCUT2D eigenvalue weighted by Crippen LogP contribution is -2.16. The number of halogens is 12. The van der Waals surface area contributed by atoms with Crippen molar-refractivity contribution in [2.75, 3.05) is 9.80 Å². The van der Waals surface area contributed by atoms with Gasteiger partial charge in [0.25, 0.3) is 0 Å². The largest absolute Gasteiger partial charge is 0.416 e. The number of anilines is 6. The van der Waals surface area contributed by atoms with Crippen molar-refractivity contribution in [2.24, 2.45) is 0 Å². The summed E-state index contributed by atoms with van der Waals surface area (Å²) in [5.74, 6) is 0. The van der Waals surface area contributed by atoms with E-state index in [0.717, 1.165) is 22.3 Å². The molecule has 9 rings (SSSR count). The number of nitrogens with zero attached hydrogens (tertiary/aromatic N) is 4. The van der Waals surface area contributed by atoms with Crippen LogP contribution in [0.5, 0.6) is 0 Å². The van der Waals surface area contributed by atoms with Crippen molar-refractivity contribution in [2.45, 2.75) is 129 Å². The number of hydrogen-bond donors (Lipinski definition) is 0. The molecule has 0 N–H and O–H groups in total. The van der Waals surface area contributed by atoms with Crippen LogP contribution >= 0.6 is 0 Å². The summed E-state index contributed by atoms with van der Waals surface area (Å²) in [4.78, 5) is 12.3. The van der Waals surface area contributed by atoms with E-state index in [1.54, 1.807) is 95.3 Å². The second-order valence-corrected chi connectivity index (χ2v) is 26.3. The van der Waals surface area contributed by atoms with Crippen LogP contribution in [0.2, 0.25) is 0 Å². The monoisotopic (exact) mass is 1210 g/mol. The average Bonchev–Trinajstić information content (AvgIpc) is 2.13. The summed E-state index contributed by atoms with van der Waals surface area (Å²) in [5.41, 5.74) is 0.298. The SMILES string of the molecule is CC(C)(C)c1cc(-c2cc(-c3cc(C(F)(F)F)cc(C(F)(F)F)c3)cc(N(c3ccc(N(c4cccnc4)c4cc(-c5cc(C(C)(C)C)cc(C(C)(C)C)c5)cc(-c5cc(C(F)(F)F)cc(C(F)(F)F)c5)c4)cc3)c3cccnc3)c2)cc(C(C)(C)C)c1. The third-order valence-electron chi connectivity index (χ3n) is 15.4. The van der Waals surface area contributed by atoms with Gasteiger partial charge in [0.15, 0.2) is 0 Å². The first kappa shape index (κ1) is 64.1. The van der Waals surface area contributed by atoms with Gasteiger partial charge in [0, 0.05) is 35.1 Å². The van der Waals surface area contributed by atoms with E-state index in [2.05, 4.69) is 22.1 Å². The maximum Gasteiger partial charge on any atom is 0.416 e. The zero-order valence-corrected chi connectivity index (χ0v) is 50.6. The molecule has 0 saturated heterocycles. The molecule has 0 atom stereocenters. The lowest BCUT2D eigenvalue weighted by molar-refractivity contribution is -0.144. The van der Waals surface area contributed by atoms with Crippen LogP contribution in [0, 0.1) is 0 Å². The van der Waals surface area contributed by atoms with Gasteiger partial charge in [0.05, 0.1) is 46.0 Å². The minimum absolute atomic E-state index is 0.0392. The predicted octanol–water partition coefficient (Wildman–Crippen LogP) is 23.3. The molecule has 0 amide bonds. The van der Waals surface area contributed by atoms with Gasteiger partial charge in [0.1, 0.15) is 0 Å². The van der Waals surface area contributed by atoms with E-state index in [1.165, 1.54) is 12.1 Å². The summed E-state index contributed by atoms with van der Waals surface area (Å²) in [6.07, 6.45) is -14.4. The van der Waals surface area contributed by atoms with Crippen LogP contribution in [0.4, 0.5) is 86.8 Å². The molecule has 16 heteroatoms. The van der Waals surface area contributed by atoms with Crippen LogP contribution in [0.25, 0.3) is 44.5 Å². The van der Waals surface area contributed by atoms with Gasteiger partial charge >= 0.3 is 24.7 Å². The maximum absolute atomic E-state index is 14.6. The standard InChI is InChI=1S/C72H66F12N4/c1-65(2,3)51-25-47(26-52(37-51)66(4,5)6)43-23-45(49-29-55(69(73,74)75)39-56(30-49)70(76,77)78)35-63(33-43)87(61-15-13-21-85-41-61)59-17-19-60(20-18-59)88(62-16-14-22-86-42-62)64-34-44(48-27-53(67(7,8)9)38-54(28-48)68(10,11)12)24-46(36-64)50-31-57(71(79,80)81)40-58(32-50)72(82,83)84/h13-42H,1-12H3. The molecule has 0 bridgehead atoms. The normalized spacial score (nSPS) is 13.0. The molecule has 2 heterocycles. The Hall–Kier alpha value is -8.40. The summed E-state index contributed by atoms with van der Waals surface area (Å²) in [6.45, 7) is 24.5. The summed E-state index contributed by atoms with van der Waals surface area (Å²) < 4.78 is 175. The highest BCUT2D eigenvalue weighted by Gasteiger charge is 2.39. The molecule has 2 aromatic heterocycles. The molecule has 0 spiro atoms. The Morgan fingerprint density at radius 2 is 0.455 bits per heavy atom. The molecule has 4 nitrogen and oxygen atoms in total. The molecular formula is C72H66F12N4. The Bertz CT molecular complexity index is 3430. The zero-order valence-electron chi connectivity index (χ0n) is 50.6. The van der Waals surface area contributed by atoms with E-state index in [9.17, 15) is 52.7 Å². The van der Waals surface area contributed by atoms with Crippen molar-refractivity contribution in [3.05, 3.63) is 227 Å². The average molecular weight is 1220 g/mol. The van der Waals surface area contributed by atoms with Crippen LogP contribution in [-0.4, -0.2) is 9.97 Å². The van der Waals surface area contributed by atoms with Crippen molar-refractivity contribution in [3.8, 4) is 44.5 Å². The number of benzene rings is 7. The fraction of sp³-hybridized carbons (Fsp3) is 0.278. The van der Waals surface area contributed by atoms with Crippen molar-refractivity contribution in [1.82, 2.24) is 9.97 Å². The summed E-state index contributed by atoms with van der Waals surface area (Å²) in [7, 11) is 0. The van der Waals surface area contributed by atoms with Crippen LogP contribution in [0.15, 0.2) is 183 Å². The molecule has 88 heavy (non-hydrogen) atoms. The minimum atomic E-state index is -5.14. The van der Waals surface area contributed by atoms with Crippen LogP contribution < -0.4 is 9.80 Å². The van der Waals surface area contributed by atoms with Crippen molar-refractivity contribution >= 4 is 34.1 Å². The van der Waals surface area contributed by atoms with Gasteiger partial charge in [-0.3, -0.25) is 9.97 Å². The fourth-order valence-electron chi connectivity index (χ4n) is 10.3. The number of alkyl halides is 12. The lowest BCUT2D eigenvalue weighted by Gasteiger charge is -2.30. The molecule has 0 aliphatic rings. The Balaban J connectivity index is 1.31. The van der Waals surface area contributed by atoms with E-state index in [-0.39, 0.29) is 34.4 Å². The predicted molar refractivity (Wildman–Crippen MR) is 328 cm³/mol. The molecule has 0 fully saturated rings. The second-order valence-electron chi connectivity index (χ2n) is 26.3. The van der Waals surface area contributed by atoms with E-state index in [0.29, 0.717) is 80.6 Å². The molecule has 0 aliphatic carbocycles. The topological polar surface area (TPSA) is 32.3 Å². The van der Waals surface area contributed by atoms with Crippen molar-refractivity contribution < 1.29 is 52.7 Å². The number of aromatic nitrogens is 2. The van der Waals surface area contributed by atoms with E-state index >= 15 is 0 Å². The zero-order chi connectivity index (χ0) is 64.5. The summed E-state index contributed by atoms with van der Waals surface area (Å²) in [5, 5.41) is 0. The van der Waals surface area contributed by atoms with Crippen LogP contribution in [0.1, 0.15) is 128 Å². The molecule has 0 radical (unpaired) electrons. The summed E-state index contributed by atoms with van der Waals surface area (Å²) in [6, 6.07) is 38.6. The third-order valence-corrected chi connectivity index (χ3v) is 15.4. The molecule has 0 unspecified atom stereocenters. The Labute approximate surface area is 505 Å². The first-order valence-corrected chi connectivity index (χ1v) is 28.3. The van der Waals surface area contributed by atoms with E-state index < -0.39 is 68.6 Å². The number of rotatable bonds is 10. The quantitative estimate of drug-likeness (QED) is 0.128. The summed E-state index contributed by atoms with van der Waals surface area (Å²) >= 11 is 0. The van der Waals surface area contributed by atoms with E-state index in [4.69, 9.17) is 0 Å². The van der Waals surface area contributed by atoms with Gasteiger partial charge in [-0.25, -0.2) is 0 Å². The highest BCUT2D eigenvalue weighted by atomic mass is 19.4. The minimum Gasteiger partial charge on any atom is -0.309 e. The Kier molecular flexibility index (Phi) is 16.7. The fourth-order valence-corrected chi connectivity index (χ4v) is 10.3. The first-order chi connectivity index (χ1) is 40.6. The number of hydrogen-bond acceptors (Lipinski definition) is 4. The van der Waals surface area contributed by atoms with Crippen molar-refractivity contribution in [3.63, 3.8) is 0 Å². The third kappa shape index (κ3) is 14.4.